The highest BCUT2D eigenvalue weighted by atomic mass is 32.2. The molecule has 0 bridgehead atoms. The summed E-state index contributed by atoms with van der Waals surface area (Å²) in [4.78, 5) is 17.2. The van der Waals surface area contributed by atoms with E-state index in [-0.39, 0.29) is 5.97 Å². The molecule has 0 spiro atoms. The van der Waals surface area contributed by atoms with E-state index in [9.17, 15) is 4.79 Å². The van der Waals surface area contributed by atoms with Crippen molar-refractivity contribution in [2.45, 2.75) is 51.5 Å². The van der Waals surface area contributed by atoms with E-state index in [2.05, 4.69) is 16.7 Å². The lowest BCUT2D eigenvalue weighted by atomic mass is 10.1. The standard InChI is InChI=1S/C17H32N2O2S/c1-2-3-11-21-17(20)14-16(19-7-5-4-6-8-19)15-18-9-12-22-13-10-18/h16H,2-15H2,1H3. The predicted molar refractivity (Wildman–Crippen MR) is 93.5 cm³/mol. The van der Waals surface area contributed by atoms with Crippen LogP contribution in [0.15, 0.2) is 0 Å². The quantitative estimate of drug-likeness (QED) is 0.505. The molecule has 0 amide bonds. The van der Waals surface area contributed by atoms with Crippen LogP contribution in [0, 0.1) is 0 Å². The Hall–Kier alpha value is -0.260. The van der Waals surface area contributed by atoms with Crippen molar-refractivity contribution in [2.24, 2.45) is 0 Å². The highest BCUT2D eigenvalue weighted by Gasteiger charge is 2.26. The minimum absolute atomic E-state index is 0.00425. The molecule has 2 aliphatic heterocycles. The molecule has 0 aromatic carbocycles. The molecule has 2 saturated heterocycles. The lowest BCUT2D eigenvalue weighted by molar-refractivity contribution is -0.145. The summed E-state index contributed by atoms with van der Waals surface area (Å²) in [7, 11) is 0. The van der Waals surface area contributed by atoms with E-state index in [1.165, 1.54) is 43.9 Å². The summed E-state index contributed by atoms with van der Waals surface area (Å²) >= 11 is 2.04. The minimum Gasteiger partial charge on any atom is -0.466 e. The molecule has 1 atom stereocenters. The fraction of sp³-hybridized carbons (Fsp3) is 0.941. The second-order valence-corrected chi connectivity index (χ2v) is 7.67. The molecular weight excluding hydrogens is 296 g/mol. The highest BCUT2D eigenvalue weighted by molar-refractivity contribution is 7.99. The first-order valence-electron chi connectivity index (χ1n) is 8.99. The number of thioether (sulfide) groups is 1. The first-order chi connectivity index (χ1) is 10.8. The monoisotopic (exact) mass is 328 g/mol. The number of piperidine rings is 1. The van der Waals surface area contributed by atoms with Crippen LogP contribution in [-0.4, -0.2) is 72.6 Å². The van der Waals surface area contributed by atoms with Crippen LogP contribution in [0.5, 0.6) is 0 Å². The molecule has 2 aliphatic rings. The summed E-state index contributed by atoms with van der Waals surface area (Å²) in [5, 5.41) is 0. The average molecular weight is 329 g/mol. The van der Waals surface area contributed by atoms with Gasteiger partial charge in [-0.05, 0) is 32.4 Å². The van der Waals surface area contributed by atoms with E-state index in [1.54, 1.807) is 0 Å². The third kappa shape index (κ3) is 6.47. The van der Waals surface area contributed by atoms with Gasteiger partial charge in [-0.2, -0.15) is 11.8 Å². The second-order valence-electron chi connectivity index (χ2n) is 6.44. The zero-order chi connectivity index (χ0) is 15.6. The molecule has 0 aliphatic carbocycles. The predicted octanol–water partition coefficient (Wildman–Crippen LogP) is 2.62. The fourth-order valence-corrected chi connectivity index (χ4v) is 4.23. The van der Waals surface area contributed by atoms with Gasteiger partial charge in [-0.1, -0.05) is 19.8 Å². The van der Waals surface area contributed by atoms with Gasteiger partial charge in [0.1, 0.15) is 0 Å². The molecule has 2 heterocycles. The fourth-order valence-electron chi connectivity index (χ4n) is 3.26. The van der Waals surface area contributed by atoms with E-state index in [4.69, 9.17) is 4.74 Å². The molecular formula is C17H32N2O2S. The van der Waals surface area contributed by atoms with Gasteiger partial charge in [0.25, 0.3) is 0 Å². The maximum atomic E-state index is 12.1. The summed E-state index contributed by atoms with van der Waals surface area (Å²) in [5.41, 5.74) is 0. The number of hydrogen-bond acceptors (Lipinski definition) is 5. The molecule has 4 nitrogen and oxygen atoms in total. The zero-order valence-electron chi connectivity index (χ0n) is 14.1. The normalized spacial score (nSPS) is 22.4. The van der Waals surface area contributed by atoms with Crippen molar-refractivity contribution in [3.05, 3.63) is 0 Å². The van der Waals surface area contributed by atoms with E-state index >= 15 is 0 Å². The van der Waals surface area contributed by atoms with Gasteiger partial charge < -0.3 is 9.64 Å². The van der Waals surface area contributed by atoms with Gasteiger partial charge in [-0.25, -0.2) is 0 Å². The van der Waals surface area contributed by atoms with Gasteiger partial charge in [0.05, 0.1) is 13.0 Å². The Morgan fingerprint density at radius 3 is 2.55 bits per heavy atom. The Labute approximate surface area is 139 Å². The number of rotatable bonds is 8. The second kappa shape index (κ2) is 10.5. The maximum absolute atomic E-state index is 12.1. The van der Waals surface area contributed by atoms with E-state index in [1.807, 2.05) is 11.8 Å². The maximum Gasteiger partial charge on any atom is 0.307 e. The Morgan fingerprint density at radius 1 is 1.14 bits per heavy atom. The van der Waals surface area contributed by atoms with Gasteiger partial charge in [0, 0.05) is 37.2 Å². The summed E-state index contributed by atoms with van der Waals surface area (Å²) in [6.07, 6.45) is 6.50. The van der Waals surface area contributed by atoms with Gasteiger partial charge in [-0.3, -0.25) is 9.69 Å². The number of esters is 1. The Bertz CT molecular complexity index is 316. The largest absolute Gasteiger partial charge is 0.466 e. The van der Waals surface area contributed by atoms with Crippen molar-refractivity contribution in [1.29, 1.82) is 0 Å². The molecule has 0 aromatic heterocycles. The van der Waals surface area contributed by atoms with Crippen molar-refractivity contribution < 1.29 is 9.53 Å². The van der Waals surface area contributed by atoms with Gasteiger partial charge in [0.15, 0.2) is 0 Å². The van der Waals surface area contributed by atoms with Crippen LogP contribution in [0.4, 0.5) is 0 Å². The first-order valence-corrected chi connectivity index (χ1v) is 10.1. The molecule has 0 saturated carbocycles. The Kier molecular flexibility index (Phi) is 8.63. The van der Waals surface area contributed by atoms with Crippen LogP contribution in [0.25, 0.3) is 0 Å². The topological polar surface area (TPSA) is 32.8 Å². The third-order valence-corrected chi connectivity index (χ3v) is 5.59. The van der Waals surface area contributed by atoms with E-state index < -0.39 is 0 Å². The van der Waals surface area contributed by atoms with Crippen molar-refractivity contribution in [3.63, 3.8) is 0 Å². The van der Waals surface area contributed by atoms with Gasteiger partial charge >= 0.3 is 5.97 Å². The van der Waals surface area contributed by atoms with Crippen LogP contribution < -0.4 is 0 Å². The molecule has 0 radical (unpaired) electrons. The van der Waals surface area contributed by atoms with Gasteiger partial charge in [0.2, 0.25) is 0 Å². The van der Waals surface area contributed by atoms with Crippen molar-refractivity contribution in [1.82, 2.24) is 9.80 Å². The van der Waals surface area contributed by atoms with Crippen LogP contribution >= 0.6 is 11.8 Å². The van der Waals surface area contributed by atoms with Crippen molar-refractivity contribution in [2.75, 3.05) is 50.8 Å². The Morgan fingerprint density at radius 2 is 1.86 bits per heavy atom. The number of likely N-dealkylation sites (tertiary alicyclic amines) is 1. The lowest BCUT2D eigenvalue weighted by Crippen LogP contribution is -2.49. The minimum atomic E-state index is -0.00425. The smallest absolute Gasteiger partial charge is 0.307 e. The zero-order valence-corrected chi connectivity index (χ0v) is 14.9. The van der Waals surface area contributed by atoms with Crippen LogP contribution in [0.3, 0.4) is 0 Å². The number of nitrogens with zero attached hydrogens (tertiary/aromatic N) is 2. The average Bonchev–Trinajstić information content (AvgIpc) is 2.56. The summed E-state index contributed by atoms with van der Waals surface area (Å²) in [6.45, 7) is 8.37. The van der Waals surface area contributed by atoms with Crippen molar-refractivity contribution in [3.8, 4) is 0 Å². The summed E-state index contributed by atoms with van der Waals surface area (Å²) in [5.74, 6) is 2.46. The first kappa shape index (κ1) is 18.1. The Balaban J connectivity index is 1.83. The number of carbonyl (C=O) groups excluding carboxylic acids is 1. The molecule has 0 aromatic rings. The molecule has 128 valence electrons. The van der Waals surface area contributed by atoms with Crippen LogP contribution in [-0.2, 0) is 9.53 Å². The molecule has 2 rings (SSSR count). The van der Waals surface area contributed by atoms with E-state index in [0.29, 0.717) is 19.1 Å². The van der Waals surface area contributed by atoms with Crippen LogP contribution in [0.2, 0.25) is 0 Å². The number of ether oxygens (including phenoxy) is 1. The number of carbonyl (C=O) groups is 1. The molecule has 5 heteroatoms. The lowest BCUT2D eigenvalue weighted by Gasteiger charge is -2.38. The number of hydrogen-bond donors (Lipinski definition) is 0. The molecule has 2 fully saturated rings. The molecule has 0 N–H and O–H groups in total. The summed E-state index contributed by atoms with van der Waals surface area (Å²) in [6, 6.07) is 0.345. The van der Waals surface area contributed by atoms with Crippen molar-refractivity contribution >= 4 is 17.7 Å². The SMILES string of the molecule is CCCCOC(=O)CC(CN1CCSCC1)N1CCCCC1. The summed E-state index contributed by atoms with van der Waals surface area (Å²) < 4.78 is 5.40. The van der Waals surface area contributed by atoms with Gasteiger partial charge in [-0.15, -0.1) is 0 Å². The molecule has 22 heavy (non-hydrogen) atoms. The number of unbranched alkanes of at least 4 members (excludes halogenated alkanes) is 1. The van der Waals surface area contributed by atoms with E-state index in [0.717, 1.165) is 32.5 Å². The molecule has 1 unspecified atom stereocenters. The van der Waals surface area contributed by atoms with Crippen LogP contribution in [0.1, 0.15) is 45.4 Å². The third-order valence-electron chi connectivity index (χ3n) is 4.64. The highest BCUT2D eigenvalue weighted by Crippen LogP contribution is 2.18.